The minimum Gasteiger partial charge on any atom is -0.497 e. The molecular formula is C22H31NO4. The molecule has 0 unspecified atom stereocenters. The summed E-state index contributed by atoms with van der Waals surface area (Å²) in [5.41, 5.74) is 0.604. The van der Waals surface area contributed by atoms with Crippen molar-refractivity contribution >= 4 is 11.9 Å². The summed E-state index contributed by atoms with van der Waals surface area (Å²) in [6, 6.07) is 8.05. The fourth-order valence-electron chi connectivity index (χ4n) is 4.44. The molecule has 1 aromatic carbocycles. The van der Waals surface area contributed by atoms with Crippen LogP contribution in [0.4, 0.5) is 0 Å². The maximum absolute atomic E-state index is 13.0. The Morgan fingerprint density at radius 3 is 2.67 bits per heavy atom. The first kappa shape index (κ1) is 19.7. The Labute approximate surface area is 162 Å². The van der Waals surface area contributed by atoms with Crippen LogP contribution in [0, 0.1) is 5.92 Å². The van der Waals surface area contributed by atoms with E-state index in [1.54, 1.807) is 7.11 Å². The monoisotopic (exact) mass is 373 g/mol. The molecule has 27 heavy (non-hydrogen) atoms. The smallest absolute Gasteiger partial charge is 0.311 e. The fraction of sp³-hybridized carbons (Fsp3) is 0.636. The van der Waals surface area contributed by atoms with Gasteiger partial charge in [0.1, 0.15) is 11.4 Å². The maximum Gasteiger partial charge on any atom is 0.311 e. The SMILES string of the molecule is COc1cccc([C@@H](C)CC(=O)N2[C@H]3CC[C@H]2[C@H](C(=O)OC(C)(C)C)C3)c1. The van der Waals surface area contributed by atoms with Crippen LogP contribution in [0.5, 0.6) is 5.75 Å². The number of nitrogens with zero attached hydrogens (tertiary/aromatic N) is 1. The summed E-state index contributed by atoms with van der Waals surface area (Å²) in [7, 11) is 1.65. The summed E-state index contributed by atoms with van der Waals surface area (Å²) < 4.78 is 10.9. The predicted octanol–water partition coefficient (Wildman–Crippen LogP) is 3.91. The molecule has 0 aromatic heterocycles. The van der Waals surface area contributed by atoms with Gasteiger partial charge in [0, 0.05) is 18.5 Å². The van der Waals surface area contributed by atoms with Gasteiger partial charge in [0.25, 0.3) is 0 Å². The van der Waals surface area contributed by atoms with Crippen molar-refractivity contribution in [2.45, 2.75) is 77.0 Å². The maximum atomic E-state index is 13.0. The van der Waals surface area contributed by atoms with E-state index in [4.69, 9.17) is 9.47 Å². The lowest BCUT2D eigenvalue weighted by atomic mass is 9.89. The van der Waals surface area contributed by atoms with E-state index >= 15 is 0 Å². The molecule has 1 amide bonds. The summed E-state index contributed by atoms with van der Waals surface area (Å²) >= 11 is 0. The Hall–Kier alpha value is -2.04. The summed E-state index contributed by atoms with van der Waals surface area (Å²) in [4.78, 5) is 27.6. The third kappa shape index (κ3) is 4.28. The van der Waals surface area contributed by atoms with Crippen LogP contribution in [-0.4, -0.2) is 41.6 Å². The number of carbonyl (C=O) groups is 2. The van der Waals surface area contributed by atoms with Crippen LogP contribution in [0.3, 0.4) is 0 Å². The van der Waals surface area contributed by atoms with Gasteiger partial charge in [-0.3, -0.25) is 9.59 Å². The van der Waals surface area contributed by atoms with Crippen LogP contribution in [0.25, 0.3) is 0 Å². The molecule has 3 rings (SSSR count). The number of hydrogen-bond donors (Lipinski definition) is 0. The Bertz CT molecular complexity index is 709. The Balaban J connectivity index is 1.66. The van der Waals surface area contributed by atoms with Gasteiger partial charge in [-0.2, -0.15) is 0 Å². The Morgan fingerprint density at radius 1 is 1.26 bits per heavy atom. The predicted molar refractivity (Wildman–Crippen MR) is 104 cm³/mol. The van der Waals surface area contributed by atoms with Gasteiger partial charge in [-0.15, -0.1) is 0 Å². The molecule has 1 aromatic rings. The highest BCUT2D eigenvalue weighted by Crippen LogP contribution is 2.43. The molecule has 2 bridgehead atoms. The number of esters is 1. The van der Waals surface area contributed by atoms with Crippen molar-refractivity contribution in [3.63, 3.8) is 0 Å². The molecule has 0 radical (unpaired) electrons. The average molecular weight is 373 g/mol. The van der Waals surface area contributed by atoms with Gasteiger partial charge in [-0.1, -0.05) is 19.1 Å². The van der Waals surface area contributed by atoms with E-state index in [0.29, 0.717) is 6.42 Å². The second-order valence-corrected chi connectivity index (χ2v) is 8.86. The van der Waals surface area contributed by atoms with Crippen LogP contribution in [0.15, 0.2) is 24.3 Å². The standard InChI is InChI=1S/C22H31NO4/c1-14(15-7-6-8-17(12-15)26-5)11-20(24)23-16-9-10-19(23)18(13-16)21(25)27-22(2,3)4/h6-8,12,14,16,18-19H,9-11,13H2,1-5H3/t14-,16-,18+,19-/m0/s1. The molecule has 148 valence electrons. The molecular weight excluding hydrogens is 342 g/mol. The lowest BCUT2D eigenvalue weighted by Gasteiger charge is -2.27. The van der Waals surface area contributed by atoms with Crippen molar-refractivity contribution in [2.75, 3.05) is 7.11 Å². The first-order chi connectivity index (χ1) is 12.7. The van der Waals surface area contributed by atoms with E-state index in [1.165, 1.54) is 0 Å². The van der Waals surface area contributed by atoms with Crippen molar-refractivity contribution < 1.29 is 19.1 Å². The molecule has 2 saturated heterocycles. The molecule has 2 heterocycles. The number of fused-ring (bicyclic) bond motifs is 2. The lowest BCUT2D eigenvalue weighted by Crippen LogP contribution is -2.39. The van der Waals surface area contributed by atoms with Crippen LogP contribution >= 0.6 is 0 Å². The second kappa shape index (κ2) is 7.53. The van der Waals surface area contributed by atoms with Gasteiger partial charge in [0.2, 0.25) is 5.91 Å². The van der Waals surface area contributed by atoms with E-state index in [2.05, 4.69) is 6.92 Å². The van der Waals surface area contributed by atoms with Gasteiger partial charge in [-0.05, 0) is 63.6 Å². The normalized spacial score (nSPS) is 25.4. The number of carbonyl (C=O) groups excluding carboxylic acids is 2. The topological polar surface area (TPSA) is 55.8 Å². The van der Waals surface area contributed by atoms with Gasteiger partial charge in [-0.25, -0.2) is 0 Å². The molecule has 0 N–H and O–H groups in total. The van der Waals surface area contributed by atoms with Gasteiger partial charge in [0.15, 0.2) is 0 Å². The van der Waals surface area contributed by atoms with E-state index < -0.39 is 5.60 Å². The highest BCUT2D eigenvalue weighted by molar-refractivity contribution is 5.82. The van der Waals surface area contributed by atoms with Crippen LogP contribution < -0.4 is 4.74 Å². The third-order valence-corrected chi connectivity index (χ3v) is 5.68. The number of methoxy groups -OCH3 is 1. The van der Waals surface area contributed by atoms with E-state index in [9.17, 15) is 9.59 Å². The summed E-state index contributed by atoms with van der Waals surface area (Å²) in [6.45, 7) is 7.72. The number of ether oxygens (including phenoxy) is 2. The number of benzene rings is 1. The zero-order chi connectivity index (χ0) is 19.8. The molecule has 2 aliphatic heterocycles. The molecule has 0 spiro atoms. The van der Waals surface area contributed by atoms with Gasteiger partial charge in [0.05, 0.1) is 13.0 Å². The van der Waals surface area contributed by atoms with Gasteiger partial charge >= 0.3 is 5.97 Å². The summed E-state index contributed by atoms with van der Waals surface area (Å²) in [6.07, 6.45) is 3.07. The van der Waals surface area contributed by atoms with Crippen molar-refractivity contribution in [2.24, 2.45) is 5.92 Å². The summed E-state index contributed by atoms with van der Waals surface area (Å²) in [5, 5.41) is 0. The van der Waals surface area contributed by atoms with Crippen molar-refractivity contribution in [1.82, 2.24) is 4.90 Å². The quantitative estimate of drug-likeness (QED) is 0.734. The Morgan fingerprint density at radius 2 is 2.00 bits per heavy atom. The lowest BCUT2D eigenvalue weighted by molar-refractivity contribution is -0.161. The highest BCUT2D eigenvalue weighted by Gasteiger charge is 2.52. The molecule has 0 saturated carbocycles. The Kier molecular flexibility index (Phi) is 5.50. The highest BCUT2D eigenvalue weighted by atomic mass is 16.6. The van der Waals surface area contributed by atoms with Crippen LogP contribution in [0.1, 0.15) is 64.9 Å². The average Bonchev–Trinajstić information content (AvgIpc) is 3.18. The van der Waals surface area contributed by atoms with E-state index in [0.717, 1.165) is 30.6 Å². The molecule has 2 aliphatic rings. The second-order valence-electron chi connectivity index (χ2n) is 8.86. The largest absolute Gasteiger partial charge is 0.497 e. The third-order valence-electron chi connectivity index (χ3n) is 5.68. The first-order valence-corrected chi connectivity index (χ1v) is 9.87. The minimum absolute atomic E-state index is 0.00476. The molecule has 4 atom stereocenters. The van der Waals surface area contributed by atoms with Crippen molar-refractivity contribution in [3.8, 4) is 5.75 Å². The minimum atomic E-state index is -0.491. The zero-order valence-electron chi connectivity index (χ0n) is 17.0. The van der Waals surface area contributed by atoms with Crippen molar-refractivity contribution in [3.05, 3.63) is 29.8 Å². The van der Waals surface area contributed by atoms with E-state index in [-0.39, 0.29) is 35.8 Å². The molecule has 0 aliphatic carbocycles. The number of rotatable bonds is 5. The van der Waals surface area contributed by atoms with Crippen LogP contribution in [0.2, 0.25) is 0 Å². The van der Waals surface area contributed by atoms with E-state index in [1.807, 2.05) is 49.9 Å². The van der Waals surface area contributed by atoms with Gasteiger partial charge < -0.3 is 14.4 Å². The number of amides is 1. The first-order valence-electron chi connectivity index (χ1n) is 9.87. The molecule has 5 nitrogen and oxygen atoms in total. The van der Waals surface area contributed by atoms with Crippen LogP contribution in [-0.2, 0) is 14.3 Å². The zero-order valence-corrected chi connectivity index (χ0v) is 17.0. The van der Waals surface area contributed by atoms with Crippen molar-refractivity contribution in [1.29, 1.82) is 0 Å². The summed E-state index contributed by atoms with van der Waals surface area (Å²) in [5.74, 6) is 0.710. The molecule has 2 fully saturated rings. The number of hydrogen-bond acceptors (Lipinski definition) is 4. The fourth-order valence-corrected chi connectivity index (χ4v) is 4.44. The molecule has 5 heteroatoms.